The number of thiol groups is 1. The zero-order chi connectivity index (χ0) is 13.8. The van der Waals surface area contributed by atoms with Crippen LogP contribution in [0.1, 0.15) is 21.5 Å². The fourth-order valence-electron chi connectivity index (χ4n) is 1.72. The summed E-state index contributed by atoms with van der Waals surface area (Å²) in [5.74, 6) is -0.655. The summed E-state index contributed by atoms with van der Waals surface area (Å²) in [4.78, 5) is 12.8. The molecule has 0 unspecified atom stereocenters. The Morgan fingerprint density at radius 1 is 1.11 bits per heavy atom. The summed E-state index contributed by atoms with van der Waals surface area (Å²) in [6, 6.07) is 14.3. The number of rotatable bonds is 3. The Kier molecular flexibility index (Phi) is 4.07. The second kappa shape index (κ2) is 5.76. The molecule has 0 radical (unpaired) electrons. The van der Waals surface area contributed by atoms with Crippen molar-refractivity contribution in [1.29, 1.82) is 0 Å². The molecular formula is C16H14O2S. The Morgan fingerprint density at radius 2 is 1.74 bits per heavy atom. The van der Waals surface area contributed by atoms with Crippen molar-refractivity contribution in [2.75, 3.05) is 0 Å². The van der Waals surface area contributed by atoms with Gasteiger partial charge < -0.3 is 5.11 Å². The van der Waals surface area contributed by atoms with E-state index in [9.17, 15) is 9.90 Å². The van der Waals surface area contributed by atoms with E-state index in [-0.39, 0.29) is 5.76 Å². The summed E-state index contributed by atoms with van der Waals surface area (Å²) in [6.45, 7) is 1.93. The van der Waals surface area contributed by atoms with Crippen LogP contribution in [-0.2, 0) is 0 Å². The molecule has 0 saturated heterocycles. The molecule has 0 aliphatic carbocycles. The monoisotopic (exact) mass is 270 g/mol. The van der Waals surface area contributed by atoms with Gasteiger partial charge in [-0.15, -0.1) is 12.6 Å². The lowest BCUT2D eigenvalue weighted by Crippen LogP contribution is -2.02. The van der Waals surface area contributed by atoms with Crippen molar-refractivity contribution in [3.8, 4) is 0 Å². The van der Waals surface area contributed by atoms with Gasteiger partial charge in [0.2, 0.25) is 5.78 Å². The maximum Gasteiger partial charge on any atom is 0.227 e. The van der Waals surface area contributed by atoms with Crippen molar-refractivity contribution in [3.05, 3.63) is 71.0 Å². The van der Waals surface area contributed by atoms with Crippen molar-refractivity contribution in [2.45, 2.75) is 11.8 Å². The maximum atomic E-state index is 12.0. The van der Waals surface area contributed by atoms with Gasteiger partial charge in [-0.25, -0.2) is 0 Å². The number of benzene rings is 2. The average Bonchev–Trinajstić information content (AvgIpc) is 2.41. The second-order valence-corrected chi connectivity index (χ2v) is 4.78. The van der Waals surface area contributed by atoms with Crippen LogP contribution in [0.2, 0.25) is 0 Å². The highest BCUT2D eigenvalue weighted by Gasteiger charge is 2.11. The van der Waals surface area contributed by atoms with Crippen LogP contribution in [0.3, 0.4) is 0 Å². The Hall–Kier alpha value is -2.00. The van der Waals surface area contributed by atoms with E-state index in [1.54, 1.807) is 24.3 Å². The lowest BCUT2D eigenvalue weighted by molar-refractivity contribution is 0.0980. The zero-order valence-corrected chi connectivity index (χ0v) is 11.4. The third-order valence-electron chi connectivity index (χ3n) is 2.84. The largest absolute Gasteiger partial charge is 0.504 e. The molecule has 0 bridgehead atoms. The van der Waals surface area contributed by atoms with E-state index in [4.69, 9.17) is 0 Å². The van der Waals surface area contributed by atoms with Crippen molar-refractivity contribution < 1.29 is 9.90 Å². The van der Waals surface area contributed by atoms with Crippen LogP contribution in [-0.4, -0.2) is 10.9 Å². The zero-order valence-electron chi connectivity index (χ0n) is 10.5. The Balaban J connectivity index is 2.29. The highest BCUT2D eigenvalue weighted by atomic mass is 32.1. The molecule has 0 amide bonds. The minimum atomic E-state index is -0.392. The van der Waals surface area contributed by atoms with Crippen molar-refractivity contribution in [3.63, 3.8) is 0 Å². The first-order valence-electron chi connectivity index (χ1n) is 5.88. The fourth-order valence-corrected chi connectivity index (χ4v) is 1.87. The summed E-state index contributed by atoms with van der Waals surface area (Å²) in [6.07, 6.45) is 1.49. The van der Waals surface area contributed by atoms with Crippen molar-refractivity contribution >= 4 is 24.5 Å². The highest BCUT2D eigenvalue weighted by Crippen LogP contribution is 2.15. The maximum absolute atomic E-state index is 12.0. The molecule has 0 aliphatic rings. The first-order valence-corrected chi connectivity index (χ1v) is 6.32. The molecule has 0 heterocycles. The van der Waals surface area contributed by atoms with E-state index in [0.29, 0.717) is 5.56 Å². The van der Waals surface area contributed by atoms with Crippen LogP contribution < -0.4 is 0 Å². The average molecular weight is 270 g/mol. The Labute approximate surface area is 117 Å². The third-order valence-corrected chi connectivity index (χ3v) is 3.14. The first kappa shape index (κ1) is 13.4. The number of hydrogen-bond donors (Lipinski definition) is 2. The van der Waals surface area contributed by atoms with Crippen LogP contribution in [0.4, 0.5) is 0 Å². The number of aryl methyl sites for hydroxylation is 1. The first-order chi connectivity index (χ1) is 9.08. The van der Waals surface area contributed by atoms with E-state index in [2.05, 4.69) is 12.6 Å². The predicted molar refractivity (Wildman–Crippen MR) is 79.8 cm³/mol. The van der Waals surface area contributed by atoms with Gasteiger partial charge in [-0.05, 0) is 48.4 Å². The second-order valence-electron chi connectivity index (χ2n) is 4.26. The molecule has 96 valence electrons. The van der Waals surface area contributed by atoms with Gasteiger partial charge in [0.25, 0.3) is 0 Å². The molecule has 1 N–H and O–H groups in total. The molecule has 2 aromatic carbocycles. The normalized spacial score (nSPS) is 11.4. The van der Waals surface area contributed by atoms with Crippen LogP contribution >= 0.6 is 12.6 Å². The molecule has 0 aromatic heterocycles. The SMILES string of the molecule is Cc1ccccc1/C=C(\O)C(=O)c1ccc(S)cc1. The number of aliphatic hydroxyl groups excluding tert-OH is 1. The van der Waals surface area contributed by atoms with Gasteiger partial charge in [0.1, 0.15) is 0 Å². The Bertz CT molecular complexity index is 627. The van der Waals surface area contributed by atoms with Gasteiger partial charge in [-0.3, -0.25) is 4.79 Å². The molecule has 0 fully saturated rings. The number of allylic oxidation sites excluding steroid dienone is 1. The quantitative estimate of drug-likeness (QED) is 0.382. The molecule has 19 heavy (non-hydrogen) atoms. The molecule has 0 atom stereocenters. The highest BCUT2D eigenvalue weighted by molar-refractivity contribution is 7.80. The molecule has 2 rings (SSSR count). The predicted octanol–water partition coefficient (Wildman–Crippen LogP) is 4.07. The van der Waals surface area contributed by atoms with E-state index < -0.39 is 5.78 Å². The molecule has 0 spiro atoms. The number of Topliss-reactive ketones (excluding diaryl/α,β-unsaturated/α-hetero) is 1. The summed E-state index contributed by atoms with van der Waals surface area (Å²) < 4.78 is 0. The van der Waals surface area contributed by atoms with Crippen LogP contribution in [0, 0.1) is 6.92 Å². The van der Waals surface area contributed by atoms with E-state index in [1.165, 1.54) is 6.08 Å². The van der Waals surface area contributed by atoms with Crippen molar-refractivity contribution in [1.82, 2.24) is 0 Å². The number of hydrogen-bond acceptors (Lipinski definition) is 3. The summed E-state index contributed by atoms with van der Waals surface area (Å²) in [5, 5.41) is 9.91. The molecule has 0 saturated carbocycles. The van der Waals surface area contributed by atoms with Gasteiger partial charge in [0.05, 0.1) is 0 Å². The fraction of sp³-hybridized carbons (Fsp3) is 0.0625. The van der Waals surface area contributed by atoms with Gasteiger partial charge in [0, 0.05) is 10.5 Å². The molecular weight excluding hydrogens is 256 g/mol. The molecule has 3 heteroatoms. The smallest absolute Gasteiger partial charge is 0.227 e. The van der Waals surface area contributed by atoms with Crippen molar-refractivity contribution in [2.24, 2.45) is 0 Å². The third kappa shape index (κ3) is 3.26. The summed E-state index contributed by atoms with van der Waals surface area (Å²) >= 11 is 4.16. The standard InChI is InChI=1S/C16H14O2S/c1-11-4-2-3-5-13(11)10-15(17)16(18)12-6-8-14(19)9-7-12/h2-10,17,19H,1H3/b15-10-. The molecule has 2 nitrogen and oxygen atoms in total. The van der Waals surface area contributed by atoms with E-state index >= 15 is 0 Å². The van der Waals surface area contributed by atoms with Gasteiger partial charge in [-0.1, -0.05) is 24.3 Å². The molecule has 2 aromatic rings. The Morgan fingerprint density at radius 3 is 2.37 bits per heavy atom. The van der Waals surface area contributed by atoms with Gasteiger partial charge >= 0.3 is 0 Å². The summed E-state index contributed by atoms with van der Waals surface area (Å²) in [7, 11) is 0. The van der Waals surface area contributed by atoms with Crippen LogP contribution in [0.5, 0.6) is 0 Å². The van der Waals surface area contributed by atoms with E-state index in [1.807, 2.05) is 31.2 Å². The number of aliphatic hydroxyl groups is 1. The minimum absolute atomic E-state index is 0.263. The lowest BCUT2D eigenvalue weighted by Gasteiger charge is -2.03. The van der Waals surface area contributed by atoms with Gasteiger partial charge in [0.15, 0.2) is 5.76 Å². The summed E-state index contributed by atoms with van der Waals surface area (Å²) in [5.41, 5.74) is 2.28. The van der Waals surface area contributed by atoms with E-state index in [0.717, 1.165) is 16.0 Å². The topological polar surface area (TPSA) is 37.3 Å². The van der Waals surface area contributed by atoms with Gasteiger partial charge in [-0.2, -0.15) is 0 Å². The number of carbonyl (C=O) groups excluding carboxylic acids is 1. The van der Waals surface area contributed by atoms with Crippen LogP contribution in [0.15, 0.2) is 59.2 Å². The number of ketones is 1. The number of carbonyl (C=O) groups is 1. The molecule has 0 aliphatic heterocycles. The minimum Gasteiger partial charge on any atom is -0.504 e. The lowest BCUT2D eigenvalue weighted by atomic mass is 10.0. The van der Waals surface area contributed by atoms with Crippen LogP contribution in [0.25, 0.3) is 6.08 Å².